The van der Waals surface area contributed by atoms with Gasteiger partial charge in [-0.3, -0.25) is 0 Å². The van der Waals surface area contributed by atoms with Gasteiger partial charge in [-0.2, -0.15) is 0 Å². The van der Waals surface area contributed by atoms with E-state index in [2.05, 4.69) is 163 Å². The highest BCUT2D eigenvalue weighted by Crippen LogP contribution is 2.38. The normalized spacial score (nSPS) is 12.0. The maximum atomic E-state index is 5.53. The minimum absolute atomic E-state index is 0.804. The number of fused-ring (bicyclic) bond motifs is 8. The summed E-state index contributed by atoms with van der Waals surface area (Å²) in [7, 11) is 1.69. The van der Waals surface area contributed by atoms with Gasteiger partial charge in [0, 0.05) is 44.3 Å². The van der Waals surface area contributed by atoms with Gasteiger partial charge in [0.1, 0.15) is 5.75 Å². The fourth-order valence-electron chi connectivity index (χ4n) is 7.22. The number of H-pyrrole nitrogens is 2. The molecule has 0 atom stereocenters. The molecule has 0 amide bonds. The first kappa shape index (κ1) is 31.3. The molecule has 0 fully saturated rings. The minimum atomic E-state index is 0.804. The van der Waals surface area contributed by atoms with E-state index in [0.29, 0.717) is 0 Å². The molecule has 0 saturated heterocycles. The Kier molecular flexibility index (Phi) is 7.74. The van der Waals surface area contributed by atoms with Crippen molar-refractivity contribution in [3.05, 3.63) is 161 Å². The van der Waals surface area contributed by atoms with E-state index in [9.17, 15) is 0 Å². The fraction of sp³-hybridized carbons (Fsp3) is 0.0638. The molecule has 2 aliphatic heterocycles. The van der Waals surface area contributed by atoms with E-state index in [0.717, 1.165) is 95.1 Å². The average Bonchev–Trinajstić information content (AvgIpc) is 4.02. The van der Waals surface area contributed by atoms with Crippen LogP contribution in [0.15, 0.2) is 127 Å². The lowest BCUT2D eigenvalue weighted by molar-refractivity contribution is 0.415. The summed E-state index contributed by atoms with van der Waals surface area (Å²) in [4.78, 5) is 18.4. The number of hydrogen-bond acceptors (Lipinski definition) is 3. The Labute approximate surface area is 302 Å². The largest absolute Gasteiger partial charge is 0.497 e. The predicted molar refractivity (Wildman–Crippen MR) is 217 cm³/mol. The summed E-state index contributed by atoms with van der Waals surface area (Å²) in [6, 6.07) is 44.7. The van der Waals surface area contributed by atoms with E-state index < -0.39 is 0 Å². The van der Waals surface area contributed by atoms with E-state index in [4.69, 9.17) is 14.7 Å². The molecule has 4 aromatic carbocycles. The second kappa shape index (κ2) is 12.9. The van der Waals surface area contributed by atoms with Gasteiger partial charge in [-0.25, -0.2) is 9.97 Å². The molecular weight excluding hydrogens is 637 g/mol. The topological polar surface area (TPSA) is 66.6 Å². The van der Waals surface area contributed by atoms with Gasteiger partial charge in [-0.1, -0.05) is 102 Å². The number of hydrogen-bond donors (Lipinski definition) is 2. The number of benzene rings is 4. The molecule has 250 valence electrons. The number of ether oxygens (including phenoxy) is 1. The first-order chi connectivity index (χ1) is 25.5. The summed E-state index contributed by atoms with van der Waals surface area (Å²) in [6.45, 7) is 4.23. The van der Waals surface area contributed by atoms with Gasteiger partial charge in [-0.05, 0) is 96.8 Å². The van der Waals surface area contributed by atoms with Crippen LogP contribution in [-0.2, 0) is 0 Å². The standard InChI is InChI=1S/C47H36N4O/c1-29-9-13-32(14-10-29)45-38-23-21-36(48-38)44(31-7-5-4-6-8-31)37-22-24-39(49-37)46(33-15-11-30(2)12-16-33)41-26-28-43(51-41)47(42-27-25-40(45)50-42)34-17-19-35(52-3)20-18-34/h4-28,48,51H,1-3H3. The second-order valence-corrected chi connectivity index (χ2v) is 13.3. The lowest BCUT2D eigenvalue weighted by Crippen LogP contribution is -1.90. The zero-order chi connectivity index (χ0) is 35.2. The molecule has 2 N–H and O–H groups in total. The van der Waals surface area contributed by atoms with Crippen LogP contribution in [0.3, 0.4) is 0 Å². The van der Waals surface area contributed by atoms with Crippen LogP contribution in [-0.4, -0.2) is 27.0 Å². The van der Waals surface area contributed by atoms with Crippen LogP contribution < -0.4 is 4.74 Å². The number of aromatic nitrogens is 4. The van der Waals surface area contributed by atoms with Gasteiger partial charge >= 0.3 is 0 Å². The Morgan fingerprint density at radius 1 is 0.385 bits per heavy atom. The van der Waals surface area contributed by atoms with Crippen LogP contribution in [0.25, 0.3) is 90.9 Å². The van der Waals surface area contributed by atoms with Crippen molar-refractivity contribution in [1.29, 1.82) is 0 Å². The Balaban J connectivity index is 1.46. The molecule has 0 radical (unpaired) electrons. The lowest BCUT2D eigenvalue weighted by atomic mass is 10.0. The lowest BCUT2D eigenvalue weighted by Gasteiger charge is -2.08. The molecule has 0 unspecified atom stereocenters. The van der Waals surface area contributed by atoms with Crippen molar-refractivity contribution in [1.82, 2.24) is 19.9 Å². The summed E-state index contributed by atoms with van der Waals surface area (Å²) in [5.41, 5.74) is 18.3. The van der Waals surface area contributed by atoms with E-state index >= 15 is 0 Å². The van der Waals surface area contributed by atoms with Crippen molar-refractivity contribution in [2.24, 2.45) is 0 Å². The molecule has 0 aliphatic carbocycles. The second-order valence-electron chi connectivity index (χ2n) is 13.3. The summed E-state index contributed by atoms with van der Waals surface area (Å²) in [6.07, 6.45) is 8.53. The van der Waals surface area contributed by atoms with Gasteiger partial charge < -0.3 is 14.7 Å². The summed E-state index contributed by atoms with van der Waals surface area (Å²) < 4.78 is 5.53. The molecule has 52 heavy (non-hydrogen) atoms. The van der Waals surface area contributed by atoms with E-state index in [-0.39, 0.29) is 0 Å². The van der Waals surface area contributed by atoms with Crippen molar-refractivity contribution < 1.29 is 4.74 Å². The van der Waals surface area contributed by atoms with Crippen molar-refractivity contribution in [3.63, 3.8) is 0 Å². The molecular formula is C47H36N4O. The Morgan fingerprint density at radius 2 is 0.712 bits per heavy atom. The first-order valence-electron chi connectivity index (χ1n) is 17.5. The highest BCUT2D eigenvalue weighted by atomic mass is 16.5. The number of aryl methyl sites for hydroxylation is 2. The number of rotatable bonds is 5. The van der Waals surface area contributed by atoms with Crippen LogP contribution >= 0.6 is 0 Å². The van der Waals surface area contributed by atoms with E-state index in [1.807, 2.05) is 12.1 Å². The van der Waals surface area contributed by atoms with Crippen LogP contribution in [0, 0.1) is 13.8 Å². The first-order valence-corrected chi connectivity index (χ1v) is 17.5. The Morgan fingerprint density at radius 3 is 1.06 bits per heavy atom. The molecule has 8 bridgehead atoms. The maximum absolute atomic E-state index is 5.53. The molecule has 5 nitrogen and oxygen atoms in total. The van der Waals surface area contributed by atoms with Gasteiger partial charge in [0.05, 0.1) is 29.9 Å². The predicted octanol–water partition coefficient (Wildman–Crippen LogP) is 11.9. The Hall–Kier alpha value is -6.72. The minimum Gasteiger partial charge on any atom is -0.497 e. The number of aromatic amines is 2. The van der Waals surface area contributed by atoms with Crippen molar-refractivity contribution in [2.45, 2.75) is 13.8 Å². The summed E-state index contributed by atoms with van der Waals surface area (Å²) in [5.74, 6) is 0.804. The average molecular weight is 673 g/mol. The monoisotopic (exact) mass is 672 g/mol. The molecule has 0 spiro atoms. The fourth-order valence-corrected chi connectivity index (χ4v) is 7.22. The zero-order valence-corrected chi connectivity index (χ0v) is 29.2. The van der Waals surface area contributed by atoms with E-state index in [1.165, 1.54) is 11.1 Å². The highest BCUT2D eigenvalue weighted by molar-refractivity contribution is 5.99. The van der Waals surface area contributed by atoms with Gasteiger partial charge in [0.2, 0.25) is 0 Å². The summed E-state index contributed by atoms with van der Waals surface area (Å²) in [5, 5.41) is 0. The van der Waals surface area contributed by atoms with Gasteiger partial charge in [0.15, 0.2) is 0 Å². The van der Waals surface area contributed by atoms with Crippen molar-refractivity contribution in [3.8, 4) is 50.3 Å². The molecule has 5 heteroatoms. The quantitative estimate of drug-likeness (QED) is 0.191. The van der Waals surface area contributed by atoms with Crippen molar-refractivity contribution >= 4 is 46.4 Å². The highest BCUT2D eigenvalue weighted by Gasteiger charge is 2.19. The van der Waals surface area contributed by atoms with Crippen LogP contribution in [0.2, 0.25) is 0 Å². The smallest absolute Gasteiger partial charge is 0.118 e. The van der Waals surface area contributed by atoms with Crippen molar-refractivity contribution in [2.75, 3.05) is 7.11 Å². The van der Waals surface area contributed by atoms with Gasteiger partial charge in [-0.15, -0.1) is 0 Å². The molecule has 5 heterocycles. The van der Waals surface area contributed by atoms with Crippen LogP contribution in [0.1, 0.15) is 33.9 Å². The molecule has 0 saturated carbocycles. The number of nitrogens with zero attached hydrogens (tertiary/aromatic N) is 2. The third kappa shape index (κ3) is 5.62. The molecule has 7 aromatic rings. The summed E-state index contributed by atoms with van der Waals surface area (Å²) >= 11 is 0. The van der Waals surface area contributed by atoms with Crippen LogP contribution in [0.4, 0.5) is 0 Å². The maximum Gasteiger partial charge on any atom is 0.118 e. The molecule has 9 rings (SSSR count). The number of methoxy groups -OCH3 is 1. The third-order valence-corrected chi connectivity index (χ3v) is 9.88. The van der Waals surface area contributed by atoms with Gasteiger partial charge in [0.25, 0.3) is 0 Å². The third-order valence-electron chi connectivity index (χ3n) is 9.88. The number of nitrogens with one attached hydrogen (secondary N) is 2. The zero-order valence-electron chi connectivity index (χ0n) is 29.2. The SMILES string of the molecule is COc1ccc(-c2c3nc(c(-c4ccc(C)cc4)c4ccc([nH]4)c(-c4ccccc4)c4nc(c(-c5ccc(C)cc5)c5ccc2[nH]5)C=C4)C=C3)cc1. The van der Waals surface area contributed by atoms with Crippen LogP contribution in [0.5, 0.6) is 5.75 Å². The van der Waals surface area contributed by atoms with E-state index in [1.54, 1.807) is 7.11 Å². The molecule has 2 aliphatic rings. The molecule has 3 aromatic heterocycles. The Bertz CT molecular complexity index is 2650.